The van der Waals surface area contributed by atoms with Crippen LogP contribution in [0.4, 0.5) is 11.5 Å². The topological polar surface area (TPSA) is 121 Å². The van der Waals surface area contributed by atoms with Crippen LogP contribution in [0.15, 0.2) is 41.6 Å². The standard InChI is InChI=1S/C13H13ClN4O4S/c1-8(13(19)20)18-23(21,22)10-4-2-9(3-5-10)17-12-6-11(14)15-7-16-12/h2-8,18H,1H3,(H,19,20)(H,15,16,17). The van der Waals surface area contributed by atoms with Gasteiger partial charge in [0.1, 0.15) is 23.3 Å². The molecule has 1 unspecified atom stereocenters. The van der Waals surface area contributed by atoms with Crippen molar-refractivity contribution in [1.82, 2.24) is 14.7 Å². The van der Waals surface area contributed by atoms with Crippen molar-refractivity contribution >= 4 is 39.1 Å². The molecule has 1 aromatic carbocycles. The Hall–Kier alpha value is -2.23. The van der Waals surface area contributed by atoms with Gasteiger partial charge in [0, 0.05) is 11.8 Å². The summed E-state index contributed by atoms with van der Waals surface area (Å²) in [6, 6.07) is 6.04. The number of hydrogen-bond donors (Lipinski definition) is 3. The molecule has 0 radical (unpaired) electrons. The number of hydrogen-bond acceptors (Lipinski definition) is 6. The van der Waals surface area contributed by atoms with E-state index in [2.05, 4.69) is 20.0 Å². The molecule has 10 heteroatoms. The SMILES string of the molecule is CC(NS(=O)(=O)c1ccc(Nc2cc(Cl)ncn2)cc1)C(=O)O. The zero-order valence-corrected chi connectivity index (χ0v) is 13.5. The molecule has 0 bridgehead atoms. The molecule has 0 fully saturated rings. The summed E-state index contributed by atoms with van der Waals surface area (Å²) in [6.45, 7) is 1.24. The van der Waals surface area contributed by atoms with Crippen LogP contribution in [0.2, 0.25) is 5.15 Å². The summed E-state index contributed by atoms with van der Waals surface area (Å²) in [5.41, 5.74) is 0.588. The van der Waals surface area contributed by atoms with E-state index < -0.39 is 22.0 Å². The van der Waals surface area contributed by atoms with Crippen LogP contribution in [-0.2, 0) is 14.8 Å². The second-order valence-electron chi connectivity index (χ2n) is 4.56. The molecule has 1 atom stereocenters. The molecule has 3 N–H and O–H groups in total. The molecule has 122 valence electrons. The summed E-state index contributed by atoms with van der Waals surface area (Å²) < 4.78 is 26.1. The molecule has 1 heterocycles. The number of halogens is 1. The molecule has 0 amide bonds. The summed E-state index contributed by atoms with van der Waals surface area (Å²) in [5, 5.41) is 12.0. The van der Waals surface area contributed by atoms with E-state index in [1.807, 2.05) is 0 Å². The maximum atomic E-state index is 12.0. The van der Waals surface area contributed by atoms with E-state index in [9.17, 15) is 13.2 Å². The van der Waals surface area contributed by atoms with Crippen LogP contribution in [0.5, 0.6) is 0 Å². The van der Waals surface area contributed by atoms with Crippen LogP contribution in [0, 0.1) is 0 Å². The molecule has 0 aliphatic rings. The van der Waals surface area contributed by atoms with Crippen LogP contribution in [0.1, 0.15) is 6.92 Å². The average molecular weight is 357 g/mol. The fourth-order valence-corrected chi connectivity index (χ4v) is 2.96. The van der Waals surface area contributed by atoms with Gasteiger partial charge in [-0.3, -0.25) is 4.79 Å². The largest absolute Gasteiger partial charge is 0.480 e. The van der Waals surface area contributed by atoms with Crippen LogP contribution in [0.3, 0.4) is 0 Å². The van der Waals surface area contributed by atoms with Gasteiger partial charge in [-0.05, 0) is 31.2 Å². The second kappa shape index (κ2) is 6.90. The van der Waals surface area contributed by atoms with Crippen molar-refractivity contribution in [2.45, 2.75) is 17.9 Å². The van der Waals surface area contributed by atoms with Crippen LogP contribution < -0.4 is 10.0 Å². The number of aromatic nitrogens is 2. The number of carbonyl (C=O) groups is 1. The van der Waals surface area contributed by atoms with Crippen molar-refractivity contribution in [2.24, 2.45) is 0 Å². The Morgan fingerprint density at radius 2 is 1.91 bits per heavy atom. The molecule has 0 aliphatic carbocycles. The number of sulfonamides is 1. The third-order valence-corrected chi connectivity index (χ3v) is 4.54. The second-order valence-corrected chi connectivity index (χ2v) is 6.66. The number of carboxylic acid groups (broad SMARTS) is 1. The lowest BCUT2D eigenvalue weighted by molar-refractivity contribution is -0.138. The summed E-state index contributed by atoms with van der Waals surface area (Å²) in [4.78, 5) is 18.4. The Bertz CT molecular complexity index is 811. The highest BCUT2D eigenvalue weighted by Crippen LogP contribution is 2.19. The first-order valence-electron chi connectivity index (χ1n) is 6.38. The number of benzene rings is 1. The zero-order chi connectivity index (χ0) is 17.0. The molecule has 2 aromatic rings. The Morgan fingerprint density at radius 1 is 1.26 bits per heavy atom. The smallest absolute Gasteiger partial charge is 0.321 e. The Morgan fingerprint density at radius 3 is 2.48 bits per heavy atom. The minimum Gasteiger partial charge on any atom is -0.480 e. The van der Waals surface area contributed by atoms with Gasteiger partial charge in [0.15, 0.2) is 0 Å². The fourth-order valence-electron chi connectivity index (χ4n) is 1.62. The predicted molar refractivity (Wildman–Crippen MR) is 84.2 cm³/mol. The highest BCUT2D eigenvalue weighted by Gasteiger charge is 2.21. The van der Waals surface area contributed by atoms with Crippen molar-refractivity contribution in [3.05, 3.63) is 41.8 Å². The molecular weight excluding hydrogens is 344 g/mol. The van der Waals surface area contributed by atoms with E-state index in [-0.39, 0.29) is 10.0 Å². The van der Waals surface area contributed by atoms with E-state index in [1.165, 1.54) is 43.6 Å². The first kappa shape index (κ1) is 17.1. The lowest BCUT2D eigenvalue weighted by Crippen LogP contribution is -2.38. The lowest BCUT2D eigenvalue weighted by Gasteiger charge is -2.11. The zero-order valence-electron chi connectivity index (χ0n) is 11.9. The Labute approximate surface area is 137 Å². The normalized spacial score (nSPS) is 12.6. The Balaban J connectivity index is 2.14. The predicted octanol–water partition coefficient (Wildman–Crippen LogP) is 1.62. The highest BCUT2D eigenvalue weighted by atomic mass is 35.5. The maximum absolute atomic E-state index is 12.0. The maximum Gasteiger partial charge on any atom is 0.321 e. The third kappa shape index (κ3) is 4.62. The number of aliphatic carboxylic acids is 1. The van der Waals surface area contributed by atoms with Crippen LogP contribution in [-0.4, -0.2) is 35.5 Å². The van der Waals surface area contributed by atoms with Crippen molar-refractivity contribution in [3.63, 3.8) is 0 Å². The first-order chi connectivity index (χ1) is 10.8. The van der Waals surface area contributed by atoms with Crippen LogP contribution >= 0.6 is 11.6 Å². The molecule has 0 spiro atoms. The van der Waals surface area contributed by atoms with E-state index in [0.717, 1.165) is 0 Å². The van der Waals surface area contributed by atoms with Gasteiger partial charge >= 0.3 is 5.97 Å². The highest BCUT2D eigenvalue weighted by molar-refractivity contribution is 7.89. The monoisotopic (exact) mass is 356 g/mol. The van der Waals surface area contributed by atoms with Gasteiger partial charge in [0.05, 0.1) is 4.90 Å². The summed E-state index contributed by atoms with van der Waals surface area (Å²) in [5.74, 6) is -0.800. The lowest BCUT2D eigenvalue weighted by atomic mass is 10.3. The number of carboxylic acids is 1. The van der Waals surface area contributed by atoms with E-state index in [1.54, 1.807) is 0 Å². The molecule has 2 rings (SSSR count). The summed E-state index contributed by atoms with van der Waals surface area (Å²) in [7, 11) is -3.91. The quantitative estimate of drug-likeness (QED) is 0.672. The number of nitrogens with zero attached hydrogens (tertiary/aromatic N) is 2. The van der Waals surface area contributed by atoms with E-state index in [4.69, 9.17) is 16.7 Å². The summed E-state index contributed by atoms with van der Waals surface area (Å²) >= 11 is 5.74. The van der Waals surface area contributed by atoms with Crippen LogP contribution in [0.25, 0.3) is 0 Å². The molecule has 0 saturated heterocycles. The molecule has 1 aromatic heterocycles. The van der Waals surface area contributed by atoms with Gasteiger partial charge in [-0.25, -0.2) is 18.4 Å². The number of rotatable bonds is 6. The average Bonchev–Trinajstić information content (AvgIpc) is 2.47. The van der Waals surface area contributed by atoms with Crippen molar-refractivity contribution in [1.29, 1.82) is 0 Å². The van der Waals surface area contributed by atoms with Crippen molar-refractivity contribution in [3.8, 4) is 0 Å². The first-order valence-corrected chi connectivity index (χ1v) is 8.24. The van der Waals surface area contributed by atoms with E-state index >= 15 is 0 Å². The van der Waals surface area contributed by atoms with E-state index in [0.29, 0.717) is 11.5 Å². The molecule has 8 nitrogen and oxygen atoms in total. The van der Waals surface area contributed by atoms with Gasteiger partial charge in [0.2, 0.25) is 10.0 Å². The molecule has 0 saturated carbocycles. The third-order valence-electron chi connectivity index (χ3n) is 2.77. The Kier molecular flexibility index (Phi) is 5.14. The summed E-state index contributed by atoms with van der Waals surface area (Å²) in [6.07, 6.45) is 1.29. The number of anilines is 2. The minimum atomic E-state index is -3.91. The van der Waals surface area contributed by atoms with Gasteiger partial charge < -0.3 is 10.4 Å². The van der Waals surface area contributed by atoms with Gasteiger partial charge in [-0.1, -0.05) is 11.6 Å². The number of nitrogens with one attached hydrogen (secondary N) is 2. The molecule has 23 heavy (non-hydrogen) atoms. The minimum absolute atomic E-state index is 0.0446. The van der Waals surface area contributed by atoms with Gasteiger partial charge in [-0.15, -0.1) is 0 Å². The van der Waals surface area contributed by atoms with Gasteiger partial charge in [0.25, 0.3) is 0 Å². The fraction of sp³-hybridized carbons (Fsp3) is 0.154. The van der Waals surface area contributed by atoms with Crippen molar-refractivity contribution < 1.29 is 18.3 Å². The van der Waals surface area contributed by atoms with Gasteiger partial charge in [-0.2, -0.15) is 4.72 Å². The molecular formula is C13H13ClN4O4S. The molecule has 0 aliphatic heterocycles. The van der Waals surface area contributed by atoms with Crippen molar-refractivity contribution in [2.75, 3.05) is 5.32 Å².